The van der Waals surface area contributed by atoms with Crippen LogP contribution < -0.4 is 4.80 Å². The van der Waals surface area contributed by atoms with E-state index in [9.17, 15) is 10.1 Å². The van der Waals surface area contributed by atoms with Gasteiger partial charge in [-0.15, -0.1) is 0 Å². The molecule has 0 saturated carbocycles. The summed E-state index contributed by atoms with van der Waals surface area (Å²) in [4.78, 5) is 14.6. The molecule has 0 atom stereocenters. The van der Waals surface area contributed by atoms with Crippen LogP contribution in [0.1, 0.15) is 5.56 Å². The van der Waals surface area contributed by atoms with Gasteiger partial charge in [-0.05, 0) is 11.6 Å². The van der Waals surface area contributed by atoms with Crippen LogP contribution in [0.15, 0.2) is 35.0 Å². The summed E-state index contributed by atoms with van der Waals surface area (Å²) in [6.45, 7) is 0.473. The fourth-order valence-corrected chi connectivity index (χ4v) is 2.08. The van der Waals surface area contributed by atoms with Gasteiger partial charge in [0, 0.05) is 17.8 Å². The average Bonchev–Trinajstić information content (AvgIpc) is 2.68. The van der Waals surface area contributed by atoms with E-state index in [2.05, 4.69) is 10.1 Å². The number of hydrogen-bond acceptors (Lipinski definition) is 4. The van der Waals surface area contributed by atoms with Crippen LogP contribution in [0.5, 0.6) is 0 Å². The molecule has 0 spiro atoms. The maximum Gasteiger partial charge on any atom is 0.262 e. The summed E-state index contributed by atoms with van der Waals surface area (Å²) in [5, 5.41) is 15.1. The molecular formula is C9H7ClN4O2S. The fraction of sp³-hybridized carbons (Fsp3) is 0.111. The van der Waals surface area contributed by atoms with Crippen molar-refractivity contribution < 1.29 is 5.03 Å². The number of nitrogens with zero attached hydrogens (tertiary/aromatic N) is 4. The van der Waals surface area contributed by atoms with Crippen LogP contribution in [0, 0.1) is 10.1 Å². The number of aromatic nitrogens is 2. The lowest BCUT2D eigenvalue weighted by Gasteiger charge is -2.01. The summed E-state index contributed by atoms with van der Waals surface area (Å²) in [5.41, 5.74) is 0.901. The maximum absolute atomic E-state index is 10.3. The lowest BCUT2D eigenvalue weighted by Crippen LogP contribution is -2.16. The molecule has 0 saturated heterocycles. The average molecular weight is 271 g/mol. The first-order valence-corrected chi connectivity index (χ1v) is 5.84. The van der Waals surface area contributed by atoms with Crippen LogP contribution in [0.2, 0.25) is 5.15 Å². The second-order valence-corrected chi connectivity index (χ2v) is 4.40. The van der Waals surface area contributed by atoms with Gasteiger partial charge >= 0.3 is 0 Å². The third-order valence-electron chi connectivity index (χ3n) is 1.97. The lowest BCUT2D eigenvalue weighted by molar-refractivity contribution is -0.490. The van der Waals surface area contributed by atoms with Crippen molar-refractivity contribution in [2.75, 3.05) is 0 Å². The third kappa shape index (κ3) is 3.11. The van der Waals surface area contributed by atoms with Crippen LogP contribution in [-0.2, 0) is 6.54 Å². The van der Waals surface area contributed by atoms with E-state index < -0.39 is 5.03 Å². The van der Waals surface area contributed by atoms with E-state index in [1.54, 1.807) is 28.4 Å². The minimum atomic E-state index is -0.706. The molecule has 0 bridgehead atoms. The highest BCUT2D eigenvalue weighted by atomic mass is 35.5. The maximum atomic E-state index is 10.3. The molecule has 0 N–H and O–H groups in total. The molecule has 88 valence electrons. The molecule has 2 aromatic rings. The summed E-state index contributed by atoms with van der Waals surface area (Å²) < 4.78 is 1.68. The number of nitro groups is 1. The highest BCUT2D eigenvalue weighted by Gasteiger charge is 2.01. The van der Waals surface area contributed by atoms with E-state index in [1.165, 1.54) is 11.3 Å². The van der Waals surface area contributed by atoms with Gasteiger partial charge in [0.1, 0.15) is 5.15 Å². The predicted molar refractivity (Wildman–Crippen MR) is 63.2 cm³/mol. The minimum absolute atomic E-state index is 0.338. The number of thiazole rings is 1. The van der Waals surface area contributed by atoms with Crippen molar-refractivity contribution in [3.05, 3.63) is 55.5 Å². The highest BCUT2D eigenvalue weighted by molar-refractivity contribution is 7.07. The zero-order valence-corrected chi connectivity index (χ0v) is 10.1. The second kappa shape index (κ2) is 5.07. The Morgan fingerprint density at radius 1 is 1.59 bits per heavy atom. The molecule has 0 aliphatic carbocycles. The molecule has 2 rings (SSSR count). The Kier molecular flexibility index (Phi) is 3.50. The number of rotatable bonds is 3. The van der Waals surface area contributed by atoms with E-state index in [4.69, 9.17) is 11.6 Å². The Labute approximate surface area is 105 Å². The molecule has 0 aliphatic rings. The van der Waals surface area contributed by atoms with Crippen molar-refractivity contribution in [1.29, 1.82) is 0 Å². The quantitative estimate of drug-likeness (QED) is 0.484. The SMILES string of the molecule is O=[N+]([O-])/N=c1\sccn1Cc1ccc(Cl)nc1. The Hall–Kier alpha value is -1.73. The van der Waals surface area contributed by atoms with E-state index in [1.807, 2.05) is 6.07 Å². The molecule has 0 fully saturated rings. The molecule has 0 amide bonds. The molecule has 2 aromatic heterocycles. The smallest absolute Gasteiger partial charge is 0.262 e. The van der Waals surface area contributed by atoms with Gasteiger partial charge in [0.25, 0.3) is 4.80 Å². The minimum Gasteiger partial charge on any atom is -0.314 e. The summed E-state index contributed by atoms with van der Waals surface area (Å²) in [6.07, 6.45) is 3.37. The zero-order valence-electron chi connectivity index (χ0n) is 8.49. The lowest BCUT2D eigenvalue weighted by atomic mass is 10.3. The number of pyridine rings is 1. The van der Waals surface area contributed by atoms with Crippen molar-refractivity contribution in [2.45, 2.75) is 6.54 Å². The van der Waals surface area contributed by atoms with Crippen LogP contribution in [0.25, 0.3) is 0 Å². The number of hydrogen-bond donors (Lipinski definition) is 0. The zero-order chi connectivity index (χ0) is 12.3. The molecule has 0 radical (unpaired) electrons. The molecule has 0 aliphatic heterocycles. The Bertz CT molecular complexity index is 590. The topological polar surface area (TPSA) is 73.3 Å². The van der Waals surface area contributed by atoms with Crippen molar-refractivity contribution in [3.63, 3.8) is 0 Å². The van der Waals surface area contributed by atoms with Gasteiger partial charge in [-0.1, -0.05) is 29.0 Å². The largest absolute Gasteiger partial charge is 0.314 e. The van der Waals surface area contributed by atoms with Gasteiger partial charge in [0.05, 0.1) is 11.6 Å². The first kappa shape index (κ1) is 11.7. The summed E-state index contributed by atoms with van der Waals surface area (Å²) in [5.74, 6) is 0. The molecular weight excluding hydrogens is 264 g/mol. The van der Waals surface area contributed by atoms with E-state index >= 15 is 0 Å². The van der Waals surface area contributed by atoms with Gasteiger partial charge in [-0.25, -0.2) is 15.1 Å². The van der Waals surface area contributed by atoms with E-state index in [0.717, 1.165) is 5.56 Å². The molecule has 6 nitrogen and oxygen atoms in total. The van der Waals surface area contributed by atoms with Crippen LogP contribution in [-0.4, -0.2) is 14.6 Å². The van der Waals surface area contributed by atoms with Crippen molar-refractivity contribution in [1.82, 2.24) is 9.55 Å². The molecule has 0 unspecified atom stereocenters. The first-order valence-electron chi connectivity index (χ1n) is 4.58. The van der Waals surface area contributed by atoms with Gasteiger partial charge in [-0.3, -0.25) is 0 Å². The molecule has 2 heterocycles. The van der Waals surface area contributed by atoms with Gasteiger partial charge in [-0.2, -0.15) is 0 Å². The summed E-state index contributed by atoms with van der Waals surface area (Å²) in [7, 11) is 0. The molecule has 8 heteroatoms. The third-order valence-corrected chi connectivity index (χ3v) is 2.98. The number of halogens is 1. The normalized spacial score (nSPS) is 11.7. The van der Waals surface area contributed by atoms with Crippen LogP contribution in [0.3, 0.4) is 0 Å². The summed E-state index contributed by atoms with van der Waals surface area (Å²) >= 11 is 6.88. The van der Waals surface area contributed by atoms with Crippen molar-refractivity contribution in [3.8, 4) is 0 Å². The van der Waals surface area contributed by atoms with E-state index in [-0.39, 0.29) is 0 Å². The first-order chi connectivity index (χ1) is 8.15. The molecule has 0 aromatic carbocycles. The van der Waals surface area contributed by atoms with Crippen LogP contribution >= 0.6 is 22.9 Å². The van der Waals surface area contributed by atoms with Crippen molar-refractivity contribution in [2.24, 2.45) is 5.10 Å². The van der Waals surface area contributed by atoms with Crippen LogP contribution in [0.4, 0.5) is 0 Å². The Morgan fingerprint density at radius 3 is 3.06 bits per heavy atom. The second-order valence-electron chi connectivity index (χ2n) is 3.14. The standard InChI is InChI=1S/C9H7ClN4O2S/c10-8-2-1-7(5-11-8)6-13-3-4-17-9(13)12-14(15)16/h1-5H,6H2/b12-9-. The summed E-state index contributed by atoms with van der Waals surface area (Å²) in [6, 6.07) is 3.49. The highest BCUT2D eigenvalue weighted by Crippen LogP contribution is 2.06. The van der Waals surface area contributed by atoms with Gasteiger partial charge in [0.15, 0.2) is 5.03 Å². The Morgan fingerprint density at radius 2 is 2.41 bits per heavy atom. The Balaban J connectivity index is 2.28. The van der Waals surface area contributed by atoms with E-state index in [0.29, 0.717) is 16.5 Å². The monoisotopic (exact) mass is 270 g/mol. The molecule has 17 heavy (non-hydrogen) atoms. The predicted octanol–water partition coefficient (Wildman–Crippen LogP) is 1.74. The van der Waals surface area contributed by atoms with Gasteiger partial charge in [0.2, 0.25) is 0 Å². The fourth-order valence-electron chi connectivity index (χ4n) is 1.26. The van der Waals surface area contributed by atoms with Crippen molar-refractivity contribution >= 4 is 22.9 Å². The van der Waals surface area contributed by atoms with Gasteiger partial charge < -0.3 is 4.57 Å².